The average molecular weight is 524 g/mol. The van der Waals surface area contributed by atoms with Crippen LogP contribution in [0.2, 0.25) is 0 Å². The summed E-state index contributed by atoms with van der Waals surface area (Å²) in [5, 5.41) is 5.15. The summed E-state index contributed by atoms with van der Waals surface area (Å²) in [6, 6.07) is 12.3. The van der Waals surface area contributed by atoms with Gasteiger partial charge in [0.1, 0.15) is 5.69 Å². The predicted molar refractivity (Wildman–Crippen MR) is 118 cm³/mol. The molecule has 0 unspecified atom stereocenters. The Kier molecular flexibility index (Phi) is 6.31. The first-order valence-corrected chi connectivity index (χ1v) is 11.5. The molecule has 186 valence electrons. The quantitative estimate of drug-likeness (QED) is 0.353. The second-order valence-corrected chi connectivity index (χ2v) is 9.10. The molecule has 2 heterocycles. The van der Waals surface area contributed by atoms with Gasteiger partial charge in [-0.05, 0) is 42.5 Å². The number of alkyl halides is 6. The summed E-state index contributed by atoms with van der Waals surface area (Å²) >= 11 is 0. The van der Waals surface area contributed by atoms with Crippen LogP contribution in [-0.2, 0) is 22.4 Å². The van der Waals surface area contributed by atoms with Crippen molar-refractivity contribution in [2.24, 2.45) is 5.14 Å². The third-order valence-electron chi connectivity index (χ3n) is 5.00. The lowest BCUT2D eigenvalue weighted by atomic mass is 10.1. The SMILES string of the molecule is NS(=O)(=O)c1cccc(-c2cc(-c3nc(-c4ccc(C(F)(F)F)cc4)cc(C(F)(F)F)n3)ccn2)c1. The minimum absolute atomic E-state index is 0.0206. The van der Waals surface area contributed by atoms with Crippen molar-refractivity contribution in [3.63, 3.8) is 0 Å². The van der Waals surface area contributed by atoms with Crippen LogP contribution in [0.15, 0.2) is 77.8 Å². The van der Waals surface area contributed by atoms with E-state index in [0.717, 1.165) is 24.3 Å². The Labute approximate surface area is 200 Å². The first-order chi connectivity index (χ1) is 16.7. The van der Waals surface area contributed by atoms with Crippen molar-refractivity contribution >= 4 is 10.0 Å². The minimum atomic E-state index is -4.86. The molecule has 13 heteroatoms. The van der Waals surface area contributed by atoms with E-state index in [-0.39, 0.29) is 33.2 Å². The van der Waals surface area contributed by atoms with Crippen molar-refractivity contribution in [1.82, 2.24) is 15.0 Å². The Morgan fingerprint density at radius 3 is 2.00 bits per heavy atom. The largest absolute Gasteiger partial charge is 0.433 e. The van der Waals surface area contributed by atoms with Gasteiger partial charge in [-0.25, -0.2) is 23.5 Å². The van der Waals surface area contributed by atoms with Crippen molar-refractivity contribution in [3.05, 3.63) is 84.2 Å². The topological polar surface area (TPSA) is 98.8 Å². The molecule has 36 heavy (non-hydrogen) atoms. The number of nitrogens with two attached hydrogens (primary N) is 1. The van der Waals surface area contributed by atoms with Crippen LogP contribution in [0.25, 0.3) is 33.9 Å². The molecule has 0 aliphatic rings. The highest BCUT2D eigenvalue weighted by Crippen LogP contribution is 2.34. The van der Waals surface area contributed by atoms with Crippen LogP contribution in [0, 0.1) is 0 Å². The van der Waals surface area contributed by atoms with Crippen molar-refractivity contribution in [2.75, 3.05) is 0 Å². The lowest BCUT2D eigenvalue weighted by Gasteiger charge is -2.12. The molecule has 0 aliphatic carbocycles. The van der Waals surface area contributed by atoms with E-state index in [1.54, 1.807) is 0 Å². The molecule has 2 aromatic heterocycles. The smallest absolute Gasteiger partial charge is 0.256 e. The fourth-order valence-corrected chi connectivity index (χ4v) is 3.82. The summed E-state index contributed by atoms with van der Waals surface area (Å²) in [6.07, 6.45) is -8.20. The number of hydrogen-bond donors (Lipinski definition) is 1. The number of pyridine rings is 1. The van der Waals surface area contributed by atoms with E-state index in [9.17, 15) is 34.8 Å². The van der Waals surface area contributed by atoms with Crippen LogP contribution in [0.3, 0.4) is 0 Å². The Hall–Kier alpha value is -3.84. The normalized spacial score (nSPS) is 12.5. The lowest BCUT2D eigenvalue weighted by Crippen LogP contribution is -2.12. The van der Waals surface area contributed by atoms with Crippen molar-refractivity contribution in [3.8, 4) is 33.9 Å². The third-order valence-corrected chi connectivity index (χ3v) is 5.91. The summed E-state index contributed by atoms with van der Waals surface area (Å²) in [7, 11) is -4.01. The molecular formula is C23H14F6N4O2S. The van der Waals surface area contributed by atoms with Crippen molar-refractivity contribution in [1.29, 1.82) is 0 Å². The van der Waals surface area contributed by atoms with Crippen LogP contribution in [0.5, 0.6) is 0 Å². The molecule has 0 amide bonds. The molecule has 0 spiro atoms. The van der Waals surface area contributed by atoms with Gasteiger partial charge in [-0.1, -0.05) is 24.3 Å². The number of sulfonamides is 1. The third kappa shape index (κ3) is 5.52. The summed E-state index contributed by atoms with van der Waals surface area (Å²) in [6.45, 7) is 0. The molecule has 6 nitrogen and oxygen atoms in total. The number of benzene rings is 2. The molecule has 2 N–H and O–H groups in total. The monoisotopic (exact) mass is 524 g/mol. The van der Waals surface area contributed by atoms with E-state index in [0.29, 0.717) is 11.6 Å². The summed E-state index contributed by atoms with van der Waals surface area (Å²) in [5.74, 6) is -0.356. The van der Waals surface area contributed by atoms with E-state index in [1.165, 1.54) is 42.6 Å². The van der Waals surface area contributed by atoms with Crippen LogP contribution in [0.1, 0.15) is 11.3 Å². The van der Waals surface area contributed by atoms with Gasteiger partial charge in [0.25, 0.3) is 0 Å². The fourth-order valence-electron chi connectivity index (χ4n) is 3.26. The molecule has 2 aromatic carbocycles. The number of nitrogens with zero attached hydrogens (tertiary/aromatic N) is 3. The molecule has 0 aliphatic heterocycles. The van der Waals surface area contributed by atoms with Gasteiger partial charge in [0.05, 0.1) is 21.8 Å². The van der Waals surface area contributed by atoms with Gasteiger partial charge >= 0.3 is 12.4 Å². The predicted octanol–water partition coefficient (Wildman–Crippen LogP) is 5.56. The van der Waals surface area contributed by atoms with Gasteiger partial charge in [-0.2, -0.15) is 26.3 Å². The summed E-state index contributed by atoms with van der Waals surface area (Å²) < 4.78 is 103. The zero-order valence-corrected chi connectivity index (χ0v) is 18.7. The zero-order valence-electron chi connectivity index (χ0n) is 17.8. The maximum atomic E-state index is 13.6. The van der Waals surface area contributed by atoms with E-state index in [1.807, 2.05) is 0 Å². The molecule has 0 bridgehead atoms. The molecule has 0 radical (unpaired) electrons. The highest BCUT2D eigenvalue weighted by Gasteiger charge is 2.34. The van der Waals surface area contributed by atoms with Crippen molar-refractivity contribution in [2.45, 2.75) is 17.2 Å². The molecule has 4 aromatic rings. The molecule has 0 saturated carbocycles. The van der Waals surface area contributed by atoms with Crippen molar-refractivity contribution < 1.29 is 34.8 Å². The average Bonchev–Trinajstić information content (AvgIpc) is 2.82. The molecule has 0 fully saturated rings. The Morgan fingerprint density at radius 1 is 0.694 bits per heavy atom. The summed E-state index contributed by atoms with van der Waals surface area (Å²) in [4.78, 5) is 11.7. The number of primary sulfonamides is 1. The lowest BCUT2D eigenvalue weighted by molar-refractivity contribution is -0.141. The Balaban J connectivity index is 1.82. The van der Waals surface area contributed by atoms with Crippen LogP contribution >= 0.6 is 0 Å². The number of halogens is 6. The molecular weight excluding hydrogens is 510 g/mol. The number of hydrogen-bond acceptors (Lipinski definition) is 5. The maximum absolute atomic E-state index is 13.6. The minimum Gasteiger partial charge on any atom is -0.256 e. The van der Waals surface area contributed by atoms with E-state index < -0.39 is 33.6 Å². The van der Waals surface area contributed by atoms with Gasteiger partial charge in [0.2, 0.25) is 10.0 Å². The van der Waals surface area contributed by atoms with Gasteiger partial charge in [0.15, 0.2) is 5.82 Å². The van der Waals surface area contributed by atoms with Gasteiger partial charge in [-0.3, -0.25) is 4.98 Å². The molecule has 0 saturated heterocycles. The first kappa shape index (κ1) is 25.3. The standard InChI is InChI=1S/C23H14F6N4O2S/c24-22(25,26)16-6-4-13(5-7-16)19-12-20(23(27,28)29)33-21(32-19)15-8-9-31-18(11-15)14-2-1-3-17(10-14)36(30,34)35/h1-12H,(H2,30,34,35). The van der Waals surface area contributed by atoms with Crippen LogP contribution < -0.4 is 5.14 Å². The zero-order chi connectivity index (χ0) is 26.3. The van der Waals surface area contributed by atoms with E-state index in [4.69, 9.17) is 5.14 Å². The highest BCUT2D eigenvalue weighted by molar-refractivity contribution is 7.89. The maximum Gasteiger partial charge on any atom is 0.433 e. The van der Waals surface area contributed by atoms with Gasteiger partial charge in [-0.15, -0.1) is 0 Å². The Bertz CT molecular complexity index is 1540. The Morgan fingerprint density at radius 2 is 1.39 bits per heavy atom. The second kappa shape index (κ2) is 8.99. The number of rotatable bonds is 4. The number of aromatic nitrogens is 3. The van der Waals surface area contributed by atoms with Gasteiger partial charge in [0, 0.05) is 22.9 Å². The fraction of sp³-hybridized carbons (Fsp3) is 0.0870. The van der Waals surface area contributed by atoms with Crippen LogP contribution in [0.4, 0.5) is 26.3 Å². The summed E-state index contributed by atoms with van der Waals surface area (Å²) in [5.41, 5.74) is -1.84. The van der Waals surface area contributed by atoms with E-state index >= 15 is 0 Å². The molecule has 0 atom stereocenters. The highest BCUT2D eigenvalue weighted by atomic mass is 32.2. The first-order valence-electron chi connectivity index (χ1n) is 9.95. The van der Waals surface area contributed by atoms with Crippen LogP contribution in [-0.4, -0.2) is 23.4 Å². The van der Waals surface area contributed by atoms with Gasteiger partial charge < -0.3 is 0 Å². The second-order valence-electron chi connectivity index (χ2n) is 7.54. The van der Waals surface area contributed by atoms with E-state index in [2.05, 4.69) is 15.0 Å². The molecule has 4 rings (SSSR count).